The first-order chi connectivity index (χ1) is 11.7. The fourth-order valence-corrected chi connectivity index (χ4v) is 3.78. The first kappa shape index (κ1) is 16.8. The molecule has 24 heavy (non-hydrogen) atoms. The maximum absolute atomic E-state index is 12.5. The van der Waals surface area contributed by atoms with Crippen LogP contribution in [-0.4, -0.2) is 41.2 Å². The molecule has 0 spiro atoms. The van der Waals surface area contributed by atoms with Crippen molar-refractivity contribution in [1.29, 1.82) is 0 Å². The highest BCUT2D eigenvalue weighted by Crippen LogP contribution is 2.23. The van der Waals surface area contributed by atoms with E-state index in [9.17, 15) is 9.59 Å². The summed E-state index contributed by atoms with van der Waals surface area (Å²) in [5.74, 6) is 0.140. The van der Waals surface area contributed by atoms with Crippen LogP contribution in [0.2, 0.25) is 0 Å². The molecule has 2 aromatic rings. The van der Waals surface area contributed by atoms with Crippen LogP contribution in [0.15, 0.2) is 35.7 Å². The Balaban J connectivity index is 1.58. The monoisotopic (exact) mass is 343 g/mol. The van der Waals surface area contributed by atoms with Crippen molar-refractivity contribution in [1.82, 2.24) is 9.88 Å². The van der Waals surface area contributed by atoms with Gasteiger partial charge in [-0.05, 0) is 19.4 Å². The van der Waals surface area contributed by atoms with E-state index >= 15 is 0 Å². The van der Waals surface area contributed by atoms with Crippen molar-refractivity contribution in [3.63, 3.8) is 0 Å². The maximum atomic E-state index is 12.5. The summed E-state index contributed by atoms with van der Waals surface area (Å²) in [5, 5.41) is 2.70. The molecule has 0 saturated carbocycles. The van der Waals surface area contributed by atoms with Gasteiger partial charge in [-0.25, -0.2) is 4.98 Å². The van der Waals surface area contributed by atoms with Gasteiger partial charge in [0.25, 0.3) is 5.91 Å². The number of Topliss-reactive ketones (excluding diaryl/α,β-unsaturated/α-hetero) is 1. The predicted octanol–water partition coefficient (Wildman–Crippen LogP) is 2.38. The fourth-order valence-electron chi connectivity index (χ4n) is 2.99. The standard InChI is InChI=1S/C18H21N3O2S/c19-9-6-16-20-15(12-24-16)18(23)21-10-7-14(8-11-21)17(22)13-4-2-1-3-5-13/h1-5,12,14H,6-11,19H2. The maximum Gasteiger partial charge on any atom is 0.273 e. The minimum atomic E-state index is -0.0415. The second-order valence-electron chi connectivity index (χ2n) is 5.96. The Morgan fingerprint density at radius 1 is 1.21 bits per heavy atom. The number of rotatable bonds is 5. The highest BCUT2D eigenvalue weighted by atomic mass is 32.1. The SMILES string of the molecule is NCCc1nc(C(=O)N2CCC(C(=O)c3ccccc3)CC2)cs1. The van der Waals surface area contributed by atoms with Crippen LogP contribution in [0.25, 0.3) is 0 Å². The molecule has 0 atom stereocenters. The summed E-state index contributed by atoms with van der Waals surface area (Å²) in [5.41, 5.74) is 6.77. The number of piperidine rings is 1. The van der Waals surface area contributed by atoms with Gasteiger partial charge in [-0.3, -0.25) is 9.59 Å². The van der Waals surface area contributed by atoms with Crippen molar-refractivity contribution in [2.75, 3.05) is 19.6 Å². The fraction of sp³-hybridized carbons (Fsp3) is 0.389. The van der Waals surface area contributed by atoms with Crippen LogP contribution in [-0.2, 0) is 6.42 Å². The minimum Gasteiger partial charge on any atom is -0.337 e. The van der Waals surface area contributed by atoms with Crippen molar-refractivity contribution >= 4 is 23.0 Å². The van der Waals surface area contributed by atoms with Crippen LogP contribution in [0.3, 0.4) is 0 Å². The average molecular weight is 343 g/mol. The van der Waals surface area contributed by atoms with Crippen LogP contribution >= 0.6 is 11.3 Å². The molecule has 1 aliphatic heterocycles. The molecule has 3 rings (SSSR count). The quantitative estimate of drug-likeness (QED) is 0.846. The normalized spacial score (nSPS) is 15.5. The van der Waals surface area contributed by atoms with E-state index in [1.165, 1.54) is 11.3 Å². The Bertz CT molecular complexity index is 706. The van der Waals surface area contributed by atoms with Crippen LogP contribution in [0.1, 0.15) is 38.7 Å². The first-order valence-corrected chi connectivity index (χ1v) is 9.10. The molecule has 2 N–H and O–H groups in total. The number of carbonyl (C=O) groups excluding carboxylic acids is 2. The van der Waals surface area contributed by atoms with E-state index in [2.05, 4.69) is 4.98 Å². The number of nitrogens with zero attached hydrogens (tertiary/aromatic N) is 2. The number of hydrogen-bond acceptors (Lipinski definition) is 5. The number of benzene rings is 1. The number of carbonyl (C=O) groups is 2. The number of ketones is 1. The zero-order chi connectivity index (χ0) is 16.9. The zero-order valence-corrected chi connectivity index (χ0v) is 14.3. The molecule has 1 amide bonds. The average Bonchev–Trinajstić information content (AvgIpc) is 3.10. The van der Waals surface area contributed by atoms with E-state index in [0.29, 0.717) is 44.6 Å². The molecule has 0 aliphatic carbocycles. The lowest BCUT2D eigenvalue weighted by atomic mass is 9.89. The van der Waals surface area contributed by atoms with E-state index in [1.807, 2.05) is 30.3 Å². The van der Waals surface area contributed by atoms with Gasteiger partial charge in [0.1, 0.15) is 5.69 Å². The van der Waals surface area contributed by atoms with E-state index in [4.69, 9.17) is 5.73 Å². The van der Waals surface area contributed by atoms with Gasteiger partial charge in [-0.1, -0.05) is 30.3 Å². The van der Waals surface area contributed by atoms with Gasteiger partial charge in [0.05, 0.1) is 5.01 Å². The van der Waals surface area contributed by atoms with Gasteiger partial charge in [0.15, 0.2) is 5.78 Å². The Morgan fingerprint density at radius 3 is 2.58 bits per heavy atom. The minimum absolute atomic E-state index is 0.000292. The molecule has 1 saturated heterocycles. The first-order valence-electron chi connectivity index (χ1n) is 8.22. The van der Waals surface area contributed by atoms with Gasteiger partial charge in [-0.15, -0.1) is 11.3 Å². The van der Waals surface area contributed by atoms with Gasteiger partial charge < -0.3 is 10.6 Å². The number of likely N-dealkylation sites (tertiary alicyclic amines) is 1. The summed E-state index contributed by atoms with van der Waals surface area (Å²) in [6.45, 7) is 1.74. The lowest BCUT2D eigenvalue weighted by molar-refractivity contribution is 0.0646. The van der Waals surface area contributed by atoms with Crippen molar-refractivity contribution in [2.24, 2.45) is 11.7 Å². The summed E-state index contributed by atoms with van der Waals surface area (Å²) in [6.07, 6.45) is 2.12. The van der Waals surface area contributed by atoms with Crippen LogP contribution in [0.4, 0.5) is 0 Å². The second kappa shape index (κ2) is 7.68. The molecular formula is C18H21N3O2S. The predicted molar refractivity (Wildman–Crippen MR) is 94.3 cm³/mol. The highest BCUT2D eigenvalue weighted by Gasteiger charge is 2.29. The van der Waals surface area contributed by atoms with Gasteiger partial charge in [0, 0.05) is 36.4 Å². The lowest BCUT2D eigenvalue weighted by Crippen LogP contribution is -2.40. The summed E-state index contributed by atoms with van der Waals surface area (Å²) in [4.78, 5) is 31.2. The number of nitrogens with two attached hydrogens (primary N) is 1. The van der Waals surface area contributed by atoms with E-state index in [0.717, 1.165) is 10.6 Å². The summed E-state index contributed by atoms with van der Waals surface area (Å²) < 4.78 is 0. The number of hydrogen-bond donors (Lipinski definition) is 1. The molecule has 6 heteroatoms. The Kier molecular flexibility index (Phi) is 5.37. The molecular weight excluding hydrogens is 322 g/mol. The van der Waals surface area contributed by atoms with Crippen LogP contribution < -0.4 is 5.73 Å². The summed E-state index contributed by atoms with van der Waals surface area (Å²) >= 11 is 1.48. The molecule has 0 unspecified atom stereocenters. The highest BCUT2D eigenvalue weighted by molar-refractivity contribution is 7.09. The molecule has 5 nitrogen and oxygen atoms in total. The number of aromatic nitrogens is 1. The van der Waals surface area contributed by atoms with Crippen LogP contribution in [0, 0.1) is 5.92 Å². The Hall–Kier alpha value is -2.05. The zero-order valence-electron chi connectivity index (χ0n) is 13.5. The summed E-state index contributed by atoms with van der Waals surface area (Å²) in [6, 6.07) is 9.38. The van der Waals surface area contributed by atoms with Gasteiger partial charge in [-0.2, -0.15) is 0 Å². The lowest BCUT2D eigenvalue weighted by Gasteiger charge is -2.30. The van der Waals surface area contributed by atoms with Gasteiger partial charge >= 0.3 is 0 Å². The topological polar surface area (TPSA) is 76.3 Å². The molecule has 0 radical (unpaired) electrons. The molecule has 2 heterocycles. The smallest absolute Gasteiger partial charge is 0.273 e. The van der Waals surface area contributed by atoms with Crippen molar-refractivity contribution in [3.05, 3.63) is 52.0 Å². The second-order valence-corrected chi connectivity index (χ2v) is 6.90. The molecule has 1 aromatic carbocycles. The molecule has 1 aliphatic rings. The largest absolute Gasteiger partial charge is 0.337 e. The molecule has 0 bridgehead atoms. The molecule has 126 valence electrons. The van der Waals surface area contributed by atoms with E-state index in [-0.39, 0.29) is 17.6 Å². The van der Waals surface area contributed by atoms with Crippen molar-refractivity contribution < 1.29 is 9.59 Å². The number of thiazole rings is 1. The third kappa shape index (κ3) is 3.71. The Labute approximate surface area is 145 Å². The summed E-state index contributed by atoms with van der Waals surface area (Å²) in [7, 11) is 0. The molecule has 1 aromatic heterocycles. The molecule has 1 fully saturated rings. The van der Waals surface area contributed by atoms with Crippen molar-refractivity contribution in [2.45, 2.75) is 19.3 Å². The van der Waals surface area contributed by atoms with E-state index < -0.39 is 0 Å². The number of amides is 1. The van der Waals surface area contributed by atoms with Gasteiger partial charge in [0.2, 0.25) is 0 Å². The third-order valence-corrected chi connectivity index (χ3v) is 5.25. The van der Waals surface area contributed by atoms with E-state index in [1.54, 1.807) is 10.3 Å². The third-order valence-electron chi connectivity index (χ3n) is 4.34. The van der Waals surface area contributed by atoms with Crippen molar-refractivity contribution in [3.8, 4) is 0 Å². The Morgan fingerprint density at radius 2 is 1.92 bits per heavy atom. The van der Waals surface area contributed by atoms with Crippen LogP contribution in [0.5, 0.6) is 0 Å².